The number of hydrogen-bond acceptors (Lipinski definition) is 3. The molecule has 3 heteroatoms. The molecule has 0 spiro atoms. The lowest BCUT2D eigenvalue weighted by atomic mass is 10.1. The highest BCUT2D eigenvalue weighted by Crippen LogP contribution is 2.01. The molecule has 104 valence electrons. The summed E-state index contributed by atoms with van der Waals surface area (Å²) in [6, 6.07) is 0. The van der Waals surface area contributed by atoms with Crippen molar-refractivity contribution in [2.45, 2.75) is 64.7 Å². The topological polar surface area (TPSA) is 50.1 Å². The molecule has 0 aromatic heterocycles. The fourth-order valence-electron chi connectivity index (χ4n) is 1.93. The molecule has 0 radical (unpaired) electrons. The van der Waals surface area contributed by atoms with Gasteiger partial charge in [-0.1, -0.05) is 45.4 Å². The number of nitrogens with one attached hydrogen (secondary N) is 2. The van der Waals surface area contributed by atoms with Crippen LogP contribution in [0.4, 0.5) is 0 Å². The Hall–Kier alpha value is -0.120. The lowest BCUT2D eigenvalue weighted by Gasteiger charge is -2.05. The molecule has 0 atom stereocenters. The van der Waals surface area contributed by atoms with E-state index in [9.17, 15) is 0 Å². The van der Waals surface area contributed by atoms with E-state index in [0.29, 0.717) is 6.67 Å². The molecule has 0 rings (SSSR count). The summed E-state index contributed by atoms with van der Waals surface area (Å²) in [4.78, 5) is 0. The summed E-state index contributed by atoms with van der Waals surface area (Å²) in [6.45, 7) is 6.35. The van der Waals surface area contributed by atoms with E-state index in [0.717, 1.165) is 6.54 Å². The van der Waals surface area contributed by atoms with Gasteiger partial charge in [-0.05, 0) is 38.9 Å². The van der Waals surface area contributed by atoms with Gasteiger partial charge in [-0.3, -0.25) is 0 Å². The quantitative estimate of drug-likeness (QED) is 0.325. The van der Waals surface area contributed by atoms with E-state index in [4.69, 9.17) is 5.73 Å². The number of rotatable bonds is 14. The van der Waals surface area contributed by atoms with Gasteiger partial charge in [-0.15, -0.1) is 0 Å². The summed E-state index contributed by atoms with van der Waals surface area (Å²) in [5.41, 5.74) is 5.35. The Labute approximate surface area is 108 Å². The Bertz CT molecular complexity index is 115. The molecule has 0 bridgehead atoms. The maximum atomic E-state index is 5.35. The molecule has 17 heavy (non-hydrogen) atoms. The van der Waals surface area contributed by atoms with Gasteiger partial charge in [0.15, 0.2) is 0 Å². The molecule has 0 fully saturated rings. The van der Waals surface area contributed by atoms with E-state index >= 15 is 0 Å². The standard InChI is InChI=1S/C14H33N3/c1-2-3-4-5-8-11-16-12-9-6-7-10-13-17-14-15/h16-17H,2-15H2,1H3. The van der Waals surface area contributed by atoms with Crippen LogP contribution in [0.2, 0.25) is 0 Å². The molecule has 4 N–H and O–H groups in total. The zero-order valence-corrected chi connectivity index (χ0v) is 11.8. The highest BCUT2D eigenvalue weighted by atomic mass is 14.9. The normalized spacial score (nSPS) is 10.9. The van der Waals surface area contributed by atoms with Crippen LogP contribution in [0.25, 0.3) is 0 Å². The van der Waals surface area contributed by atoms with Gasteiger partial charge in [0.2, 0.25) is 0 Å². The molecule has 3 nitrogen and oxygen atoms in total. The van der Waals surface area contributed by atoms with Gasteiger partial charge >= 0.3 is 0 Å². The number of hydrogen-bond donors (Lipinski definition) is 3. The SMILES string of the molecule is CCCCCCCNCCCCCCNCN. The van der Waals surface area contributed by atoms with E-state index in [1.807, 2.05) is 0 Å². The van der Waals surface area contributed by atoms with Crippen molar-refractivity contribution in [2.24, 2.45) is 5.73 Å². The molecule has 0 aliphatic heterocycles. The minimum Gasteiger partial charge on any atom is -0.318 e. The van der Waals surface area contributed by atoms with Crippen molar-refractivity contribution in [3.05, 3.63) is 0 Å². The lowest BCUT2D eigenvalue weighted by Crippen LogP contribution is -2.23. The molecular weight excluding hydrogens is 210 g/mol. The first-order valence-corrected chi connectivity index (χ1v) is 7.53. The molecule has 0 aliphatic rings. The maximum Gasteiger partial charge on any atom is 0.0428 e. The van der Waals surface area contributed by atoms with Crippen LogP contribution in [-0.2, 0) is 0 Å². The van der Waals surface area contributed by atoms with Crippen molar-refractivity contribution >= 4 is 0 Å². The first-order valence-electron chi connectivity index (χ1n) is 7.53. The fourth-order valence-corrected chi connectivity index (χ4v) is 1.93. The summed E-state index contributed by atoms with van der Waals surface area (Å²) < 4.78 is 0. The van der Waals surface area contributed by atoms with Crippen LogP contribution in [0, 0.1) is 0 Å². The van der Waals surface area contributed by atoms with Gasteiger partial charge in [0.05, 0.1) is 0 Å². The van der Waals surface area contributed by atoms with Crippen molar-refractivity contribution in [3.63, 3.8) is 0 Å². The zero-order valence-electron chi connectivity index (χ0n) is 11.8. The predicted molar refractivity (Wildman–Crippen MR) is 77.2 cm³/mol. The van der Waals surface area contributed by atoms with Crippen LogP contribution in [-0.4, -0.2) is 26.3 Å². The molecule has 0 aromatic carbocycles. The summed E-state index contributed by atoms with van der Waals surface area (Å²) in [5.74, 6) is 0. The largest absolute Gasteiger partial charge is 0.318 e. The van der Waals surface area contributed by atoms with Crippen molar-refractivity contribution in [1.29, 1.82) is 0 Å². The maximum absolute atomic E-state index is 5.35. The zero-order chi connectivity index (χ0) is 12.6. The van der Waals surface area contributed by atoms with Crippen LogP contribution in [0.3, 0.4) is 0 Å². The van der Waals surface area contributed by atoms with E-state index < -0.39 is 0 Å². The van der Waals surface area contributed by atoms with Gasteiger partial charge in [-0.2, -0.15) is 0 Å². The van der Waals surface area contributed by atoms with E-state index in [1.54, 1.807) is 0 Å². The molecule has 0 aromatic rings. The van der Waals surface area contributed by atoms with E-state index in [2.05, 4.69) is 17.6 Å². The van der Waals surface area contributed by atoms with E-state index in [-0.39, 0.29) is 0 Å². The molecule has 0 saturated carbocycles. The Morgan fingerprint density at radius 2 is 1.12 bits per heavy atom. The van der Waals surface area contributed by atoms with Crippen LogP contribution in [0.1, 0.15) is 64.7 Å². The van der Waals surface area contributed by atoms with Crippen molar-refractivity contribution < 1.29 is 0 Å². The smallest absolute Gasteiger partial charge is 0.0428 e. The average Bonchev–Trinajstić information content (AvgIpc) is 2.35. The third kappa shape index (κ3) is 15.9. The molecule has 0 unspecified atom stereocenters. The predicted octanol–water partition coefficient (Wildman–Crippen LogP) is 2.61. The van der Waals surface area contributed by atoms with Crippen LogP contribution < -0.4 is 16.4 Å². The summed E-state index contributed by atoms with van der Waals surface area (Å²) >= 11 is 0. The highest BCUT2D eigenvalue weighted by Gasteiger charge is 1.91. The van der Waals surface area contributed by atoms with Crippen molar-refractivity contribution in [3.8, 4) is 0 Å². The third-order valence-electron chi connectivity index (χ3n) is 3.06. The Balaban J connectivity index is 2.85. The summed E-state index contributed by atoms with van der Waals surface area (Å²) in [5, 5.41) is 6.67. The second-order valence-electron chi connectivity index (χ2n) is 4.78. The molecule has 0 aliphatic carbocycles. The number of unbranched alkanes of at least 4 members (excludes halogenated alkanes) is 7. The van der Waals surface area contributed by atoms with Crippen molar-refractivity contribution in [1.82, 2.24) is 10.6 Å². The fraction of sp³-hybridized carbons (Fsp3) is 1.00. The average molecular weight is 243 g/mol. The third-order valence-corrected chi connectivity index (χ3v) is 3.06. The Morgan fingerprint density at radius 1 is 0.647 bits per heavy atom. The minimum atomic E-state index is 0.611. The van der Waals surface area contributed by atoms with Gasteiger partial charge in [0.1, 0.15) is 0 Å². The summed E-state index contributed by atoms with van der Waals surface area (Å²) in [6.07, 6.45) is 12.1. The van der Waals surface area contributed by atoms with Gasteiger partial charge < -0.3 is 16.4 Å². The molecule has 0 amide bonds. The van der Waals surface area contributed by atoms with Crippen LogP contribution in [0.15, 0.2) is 0 Å². The Kier molecular flexibility index (Phi) is 15.8. The minimum absolute atomic E-state index is 0.611. The van der Waals surface area contributed by atoms with Gasteiger partial charge in [-0.25, -0.2) is 0 Å². The second kappa shape index (κ2) is 15.9. The lowest BCUT2D eigenvalue weighted by molar-refractivity contribution is 0.545. The molecular formula is C14H33N3. The van der Waals surface area contributed by atoms with Crippen molar-refractivity contribution in [2.75, 3.05) is 26.3 Å². The molecule has 0 heterocycles. The second-order valence-corrected chi connectivity index (χ2v) is 4.78. The van der Waals surface area contributed by atoms with Crippen LogP contribution >= 0.6 is 0 Å². The first kappa shape index (κ1) is 16.9. The Morgan fingerprint density at radius 3 is 1.59 bits per heavy atom. The number of nitrogens with two attached hydrogens (primary N) is 1. The first-order chi connectivity index (χ1) is 8.41. The van der Waals surface area contributed by atoms with E-state index in [1.165, 1.54) is 70.9 Å². The molecule has 0 saturated heterocycles. The highest BCUT2D eigenvalue weighted by molar-refractivity contribution is 4.51. The van der Waals surface area contributed by atoms with Gasteiger partial charge in [0.25, 0.3) is 0 Å². The van der Waals surface area contributed by atoms with Gasteiger partial charge in [0, 0.05) is 6.67 Å². The monoisotopic (exact) mass is 243 g/mol. The summed E-state index contributed by atoms with van der Waals surface area (Å²) in [7, 11) is 0. The van der Waals surface area contributed by atoms with Crippen LogP contribution in [0.5, 0.6) is 0 Å².